The number of nitrogens with zero attached hydrogens (tertiary/aromatic N) is 2. The first-order valence-corrected chi connectivity index (χ1v) is 10.7. The Balaban J connectivity index is 1.53. The molecule has 1 aliphatic rings. The van der Waals surface area contributed by atoms with E-state index >= 15 is 0 Å². The largest absolute Gasteiger partial charge is 0.352 e. The van der Waals surface area contributed by atoms with Gasteiger partial charge in [-0.1, -0.05) is 57.0 Å². The lowest BCUT2D eigenvalue weighted by molar-refractivity contribution is -0.123. The molecule has 1 N–H and O–H groups in total. The summed E-state index contributed by atoms with van der Waals surface area (Å²) in [5, 5.41) is 3.70. The van der Waals surface area contributed by atoms with E-state index in [0.29, 0.717) is 22.1 Å². The SMILES string of the molecule is C[C@@H]1[C@@H](C)CCC[C@H]1NC(=O)Cn1cnc2sc(-c3ccccc3)cc2c1=O. The third kappa shape index (κ3) is 3.74. The average molecular weight is 396 g/mol. The van der Waals surface area contributed by atoms with E-state index in [-0.39, 0.29) is 24.1 Å². The highest BCUT2D eigenvalue weighted by atomic mass is 32.1. The summed E-state index contributed by atoms with van der Waals surface area (Å²) >= 11 is 1.50. The van der Waals surface area contributed by atoms with E-state index in [0.717, 1.165) is 23.3 Å². The van der Waals surface area contributed by atoms with Crippen LogP contribution in [0, 0.1) is 11.8 Å². The molecular weight excluding hydrogens is 370 g/mol. The Hall–Kier alpha value is -2.47. The lowest BCUT2D eigenvalue weighted by atomic mass is 9.78. The van der Waals surface area contributed by atoms with Crippen LogP contribution in [-0.4, -0.2) is 21.5 Å². The van der Waals surface area contributed by atoms with E-state index in [1.807, 2.05) is 36.4 Å². The van der Waals surface area contributed by atoms with Crippen molar-refractivity contribution in [2.24, 2.45) is 11.8 Å². The predicted molar refractivity (Wildman–Crippen MR) is 113 cm³/mol. The summed E-state index contributed by atoms with van der Waals surface area (Å²) < 4.78 is 1.41. The molecule has 3 aromatic rings. The fourth-order valence-corrected chi connectivity index (χ4v) is 5.01. The third-order valence-corrected chi connectivity index (χ3v) is 7.04. The minimum absolute atomic E-state index is 0.00981. The number of amides is 1. The summed E-state index contributed by atoms with van der Waals surface area (Å²) in [4.78, 5) is 31.5. The van der Waals surface area contributed by atoms with Gasteiger partial charge in [-0.05, 0) is 29.9 Å². The van der Waals surface area contributed by atoms with Crippen LogP contribution in [0.5, 0.6) is 0 Å². The number of thiophene rings is 1. The quantitative estimate of drug-likeness (QED) is 0.724. The van der Waals surface area contributed by atoms with E-state index < -0.39 is 0 Å². The Kier molecular flexibility index (Phi) is 5.31. The van der Waals surface area contributed by atoms with Crippen molar-refractivity contribution in [3.8, 4) is 10.4 Å². The van der Waals surface area contributed by atoms with Gasteiger partial charge < -0.3 is 5.32 Å². The maximum atomic E-state index is 12.9. The van der Waals surface area contributed by atoms with Gasteiger partial charge in [-0.3, -0.25) is 14.2 Å². The monoisotopic (exact) mass is 395 g/mol. The van der Waals surface area contributed by atoms with Crippen molar-refractivity contribution in [1.29, 1.82) is 0 Å². The van der Waals surface area contributed by atoms with Crippen molar-refractivity contribution in [3.63, 3.8) is 0 Å². The Morgan fingerprint density at radius 2 is 2.04 bits per heavy atom. The van der Waals surface area contributed by atoms with Crippen LogP contribution in [0.2, 0.25) is 0 Å². The fourth-order valence-electron chi connectivity index (χ4n) is 4.01. The number of aromatic nitrogens is 2. The Morgan fingerprint density at radius 1 is 1.25 bits per heavy atom. The van der Waals surface area contributed by atoms with Gasteiger partial charge in [0, 0.05) is 10.9 Å². The molecule has 0 unspecified atom stereocenters. The van der Waals surface area contributed by atoms with Gasteiger partial charge in [0.2, 0.25) is 5.91 Å². The van der Waals surface area contributed by atoms with Crippen LogP contribution in [0.1, 0.15) is 33.1 Å². The van der Waals surface area contributed by atoms with Gasteiger partial charge >= 0.3 is 0 Å². The molecule has 6 heteroatoms. The molecule has 0 spiro atoms. The summed E-state index contributed by atoms with van der Waals surface area (Å²) in [6.07, 6.45) is 4.85. The smallest absolute Gasteiger partial charge is 0.262 e. The Bertz CT molecular complexity index is 1040. The number of hydrogen-bond donors (Lipinski definition) is 1. The van der Waals surface area contributed by atoms with Crippen LogP contribution >= 0.6 is 11.3 Å². The average Bonchev–Trinajstić information content (AvgIpc) is 3.14. The van der Waals surface area contributed by atoms with Crippen molar-refractivity contribution >= 4 is 27.5 Å². The summed E-state index contributed by atoms with van der Waals surface area (Å²) in [6, 6.07) is 12.0. The number of fused-ring (bicyclic) bond motifs is 1. The lowest BCUT2D eigenvalue weighted by Gasteiger charge is -2.34. The van der Waals surface area contributed by atoms with Crippen LogP contribution in [-0.2, 0) is 11.3 Å². The maximum absolute atomic E-state index is 12.9. The molecule has 0 bridgehead atoms. The normalized spacial score (nSPS) is 22.3. The number of carbonyl (C=O) groups excluding carboxylic acids is 1. The van der Waals surface area contributed by atoms with Gasteiger partial charge in [-0.15, -0.1) is 11.3 Å². The third-order valence-electron chi connectivity index (χ3n) is 5.94. The Labute approximate surface area is 168 Å². The second kappa shape index (κ2) is 7.87. The van der Waals surface area contributed by atoms with Crippen LogP contribution in [0.15, 0.2) is 47.5 Å². The van der Waals surface area contributed by atoms with Gasteiger partial charge in [0.15, 0.2) is 0 Å². The van der Waals surface area contributed by atoms with E-state index in [2.05, 4.69) is 24.1 Å². The fraction of sp³-hybridized carbons (Fsp3) is 0.409. The van der Waals surface area contributed by atoms with Crippen LogP contribution in [0.4, 0.5) is 0 Å². The van der Waals surface area contributed by atoms with Gasteiger partial charge in [0.25, 0.3) is 5.56 Å². The second-order valence-corrected chi connectivity index (χ2v) is 8.85. The molecule has 0 aliphatic heterocycles. The van der Waals surface area contributed by atoms with E-state index in [4.69, 9.17) is 0 Å². The number of carbonyl (C=O) groups is 1. The zero-order chi connectivity index (χ0) is 19.7. The number of rotatable bonds is 4. The second-order valence-electron chi connectivity index (χ2n) is 7.81. The summed E-state index contributed by atoms with van der Waals surface area (Å²) in [5.74, 6) is 0.954. The molecule has 1 saturated carbocycles. The molecule has 5 nitrogen and oxygen atoms in total. The zero-order valence-electron chi connectivity index (χ0n) is 16.2. The van der Waals surface area contributed by atoms with Gasteiger partial charge in [-0.25, -0.2) is 4.98 Å². The number of hydrogen-bond acceptors (Lipinski definition) is 4. The molecule has 146 valence electrons. The lowest BCUT2D eigenvalue weighted by Crippen LogP contribution is -2.45. The van der Waals surface area contributed by atoms with Crippen molar-refractivity contribution in [2.45, 2.75) is 45.7 Å². The summed E-state index contributed by atoms with van der Waals surface area (Å²) in [5.41, 5.74) is 0.901. The molecule has 3 atom stereocenters. The minimum Gasteiger partial charge on any atom is -0.352 e. The topological polar surface area (TPSA) is 64.0 Å². The van der Waals surface area contributed by atoms with Gasteiger partial charge in [-0.2, -0.15) is 0 Å². The highest BCUT2D eigenvalue weighted by Crippen LogP contribution is 2.31. The standard InChI is InChI=1S/C22H25N3O2S/c1-14-7-6-10-18(15(14)2)24-20(26)12-25-13-23-21-17(22(25)27)11-19(28-21)16-8-4-3-5-9-16/h3-5,8-9,11,13-15,18H,6-7,10,12H2,1-2H3,(H,24,26)/t14-,15+,18+/m0/s1. The van der Waals surface area contributed by atoms with Crippen molar-refractivity contribution in [1.82, 2.24) is 14.9 Å². The van der Waals surface area contributed by atoms with Crippen LogP contribution < -0.4 is 10.9 Å². The zero-order valence-corrected chi connectivity index (χ0v) is 17.0. The molecule has 0 radical (unpaired) electrons. The highest BCUT2D eigenvalue weighted by molar-refractivity contribution is 7.21. The van der Waals surface area contributed by atoms with E-state index in [1.54, 1.807) is 0 Å². The highest BCUT2D eigenvalue weighted by Gasteiger charge is 2.28. The molecular formula is C22H25N3O2S. The first kappa shape index (κ1) is 18.9. The molecule has 2 aromatic heterocycles. The van der Waals surface area contributed by atoms with Crippen molar-refractivity contribution in [2.75, 3.05) is 0 Å². The van der Waals surface area contributed by atoms with Gasteiger partial charge in [0.05, 0.1) is 11.7 Å². The molecule has 1 aliphatic carbocycles. The van der Waals surface area contributed by atoms with Crippen molar-refractivity contribution in [3.05, 3.63) is 53.1 Å². The number of benzene rings is 1. The molecule has 28 heavy (non-hydrogen) atoms. The molecule has 0 saturated heterocycles. The maximum Gasteiger partial charge on any atom is 0.262 e. The van der Waals surface area contributed by atoms with E-state index in [9.17, 15) is 9.59 Å². The van der Waals surface area contributed by atoms with E-state index in [1.165, 1.54) is 28.7 Å². The molecule has 1 fully saturated rings. The predicted octanol–water partition coefficient (Wildman–Crippen LogP) is 4.07. The van der Waals surface area contributed by atoms with Gasteiger partial charge in [0.1, 0.15) is 11.4 Å². The molecule has 2 heterocycles. The van der Waals surface area contributed by atoms with Crippen LogP contribution in [0.3, 0.4) is 0 Å². The number of nitrogens with one attached hydrogen (secondary N) is 1. The molecule has 4 rings (SSSR count). The summed E-state index contributed by atoms with van der Waals surface area (Å²) in [6.45, 7) is 4.45. The minimum atomic E-state index is -0.163. The molecule has 1 aromatic carbocycles. The first-order chi connectivity index (χ1) is 13.5. The Morgan fingerprint density at radius 3 is 2.82 bits per heavy atom. The summed E-state index contributed by atoms with van der Waals surface area (Å²) in [7, 11) is 0. The van der Waals surface area contributed by atoms with Crippen molar-refractivity contribution < 1.29 is 4.79 Å². The molecule has 1 amide bonds. The van der Waals surface area contributed by atoms with Crippen LogP contribution in [0.25, 0.3) is 20.7 Å². The first-order valence-electron chi connectivity index (χ1n) is 9.86.